The Labute approximate surface area is 106 Å². The van der Waals surface area contributed by atoms with Gasteiger partial charge in [-0.25, -0.2) is 0 Å². The van der Waals surface area contributed by atoms with Crippen LogP contribution in [0, 0.1) is 6.92 Å². The molecule has 2 heterocycles. The van der Waals surface area contributed by atoms with Crippen molar-refractivity contribution in [1.29, 1.82) is 0 Å². The smallest absolute Gasteiger partial charge is 0.264 e. The molecule has 0 bridgehead atoms. The minimum absolute atomic E-state index is 0. The number of hydrogen-bond donors (Lipinski definition) is 1. The number of hydrogen-bond acceptors (Lipinski definition) is 3. The lowest BCUT2D eigenvalue weighted by Crippen LogP contribution is -2.45. The molecule has 2 rings (SSSR count). The van der Waals surface area contributed by atoms with Gasteiger partial charge in [0.25, 0.3) is 5.91 Å². The van der Waals surface area contributed by atoms with Crippen LogP contribution in [0.15, 0.2) is 11.4 Å². The fraction of sp³-hybridized carbons (Fsp3) is 0.545. The van der Waals surface area contributed by atoms with E-state index in [4.69, 9.17) is 5.73 Å². The highest BCUT2D eigenvalue weighted by Gasteiger charge is 2.23. The first-order valence-corrected chi connectivity index (χ1v) is 6.15. The van der Waals surface area contributed by atoms with Crippen molar-refractivity contribution in [3.63, 3.8) is 0 Å². The maximum atomic E-state index is 12.1. The molecule has 3 nitrogen and oxygen atoms in total. The van der Waals surface area contributed by atoms with Gasteiger partial charge in [0.1, 0.15) is 0 Å². The number of likely N-dealkylation sites (tertiary alicyclic amines) is 1. The normalized spacial score (nSPS) is 20.4. The van der Waals surface area contributed by atoms with E-state index < -0.39 is 0 Å². The summed E-state index contributed by atoms with van der Waals surface area (Å²) in [6.07, 6.45) is 2.06. The highest BCUT2D eigenvalue weighted by Crippen LogP contribution is 2.20. The fourth-order valence-electron chi connectivity index (χ4n) is 1.93. The summed E-state index contributed by atoms with van der Waals surface area (Å²) in [5.41, 5.74) is 6.94. The number of amides is 1. The summed E-state index contributed by atoms with van der Waals surface area (Å²) < 4.78 is 0. The third kappa shape index (κ3) is 2.75. The van der Waals surface area contributed by atoms with Crippen LogP contribution in [0.5, 0.6) is 0 Å². The van der Waals surface area contributed by atoms with Gasteiger partial charge in [-0.2, -0.15) is 0 Å². The first-order valence-electron chi connectivity index (χ1n) is 5.27. The molecule has 5 heteroatoms. The van der Waals surface area contributed by atoms with Crippen molar-refractivity contribution in [3.8, 4) is 0 Å². The van der Waals surface area contributed by atoms with E-state index in [1.165, 1.54) is 11.3 Å². The van der Waals surface area contributed by atoms with E-state index in [0.717, 1.165) is 29.8 Å². The molecule has 1 fully saturated rings. The van der Waals surface area contributed by atoms with Crippen LogP contribution < -0.4 is 5.73 Å². The van der Waals surface area contributed by atoms with E-state index in [0.29, 0.717) is 6.54 Å². The Morgan fingerprint density at radius 3 is 2.94 bits per heavy atom. The largest absolute Gasteiger partial charge is 0.336 e. The average molecular weight is 261 g/mol. The van der Waals surface area contributed by atoms with Crippen LogP contribution in [0.25, 0.3) is 0 Å². The number of carbonyl (C=O) groups is 1. The number of nitrogens with two attached hydrogens (primary N) is 1. The van der Waals surface area contributed by atoms with Crippen LogP contribution in [0.1, 0.15) is 28.1 Å². The molecule has 0 aromatic carbocycles. The van der Waals surface area contributed by atoms with Crippen LogP contribution in [-0.4, -0.2) is 29.9 Å². The highest BCUT2D eigenvalue weighted by atomic mass is 35.5. The summed E-state index contributed by atoms with van der Waals surface area (Å²) in [6, 6.07) is 2.14. The molecule has 0 saturated carbocycles. The molecule has 0 aliphatic carbocycles. The zero-order valence-corrected chi connectivity index (χ0v) is 10.9. The number of carbonyl (C=O) groups excluding carboxylic acids is 1. The van der Waals surface area contributed by atoms with Gasteiger partial charge < -0.3 is 10.6 Å². The van der Waals surface area contributed by atoms with Crippen LogP contribution in [0.2, 0.25) is 0 Å². The summed E-state index contributed by atoms with van der Waals surface area (Å²) >= 11 is 1.52. The summed E-state index contributed by atoms with van der Waals surface area (Å²) in [6.45, 7) is 3.54. The van der Waals surface area contributed by atoms with Gasteiger partial charge in [-0.05, 0) is 36.8 Å². The van der Waals surface area contributed by atoms with Gasteiger partial charge in [0.2, 0.25) is 0 Å². The molecule has 0 radical (unpaired) electrons. The lowest BCUT2D eigenvalue weighted by molar-refractivity contribution is 0.0713. The van der Waals surface area contributed by atoms with Gasteiger partial charge in [-0.3, -0.25) is 4.79 Å². The first-order chi connectivity index (χ1) is 7.18. The summed E-state index contributed by atoms with van der Waals surface area (Å²) in [4.78, 5) is 14.9. The van der Waals surface area contributed by atoms with E-state index in [-0.39, 0.29) is 24.4 Å². The molecule has 1 aromatic rings. The second-order valence-electron chi connectivity index (χ2n) is 4.09. The minimum atomic E-state index is 0. The molecule has 1 amide bonds. The monoisotopic (exact) mass is 260 g/mol. The van der Waals surface area contributed by atoms with Gasteiger partial charge in [-0.15, -0.1) is 23.7 Å². The molecule has 2 N–H and O–H groups in total. The summed E-state index contributed by atoms with van der Waals surface area (Å²) in [5.74, 6) is 0.151. The van der Waals surface area contributed by atoms with Gasteiger partial charge in [-0.1, -0.05) is 0 Å². The predicted octanol–water partition coefficient (Wildman–Crippen LogP) is 2.04. The zero-order chi connectivity index (χ0) is 10.8. The average Bonchev–Trinajstić information content (AvgIpc) is 2.63. The third-order valence-electron chi connectivity index (χ3n) is 2.80. The van der Waals surface area contributed by atoms with Crippen molar-refractivity contribution in [2.75, 3.05) is 13.1 Å². The molecular weight excluding hydrogens is 244 g/mol. The van der Waals surface area contributed by atoms with Crippen molar-refractivity contribution in [3.05, 3.63) is 21.9 Å². The molecule has 16 heavy (non-hydrogen) atoms. The Morgan fingerprint density at radius 1 is 1.62 bits per heavy atom. The number of nitrogens with zero attached hydrogens (tertiary/aromatic N) is 1. The number of rotatable bonds is 1. The third-order valence-corrected chi connectivity index (χ3v) is 3.81. The molecule has 1 aliphatic rings. The second-order valence-corrected chi connectivity index (χ2v) is 5.00. The number of piperidine rings is 1. The Morgan fingerprint density at radius 2 is 2.38 bits per heavy atom. The zero-order valence-electron chi connectivity index (χ0n) is 9.31. The van der Waals surface area contributed by atoms with Gasteiger partial charge in [0.05, 0.1) is 4.88 Å². The SMILES string of the molecule is Cc1ccsc1C(=O)N1CCCC(N)C1.Cl. The molecule has 90 valence electrons. The fourth-order valence-corrected chi connectivity index (χ4v) is 2.82. The minimum Gasteiger partial charge on any atom is -0.336 e. The van der Waals surface area contributed by atoms with E-state index in [9.17, 15) is 4.79 Å². The quantitative estimate of drug-likeness (QED) is 0.840. The van der Waals surface area contributed by atoms with Crippen LogP contribution in [0.4, 0.5) is 0 Å². The predicted molar refractivity (Wildman–Crippen MR) is 69.4 cm³/mol. The van der Waals surface area contributed by atoms with Gasteiger partial charge >= 0.3 is 0 Å². The van der Waals surface area contributed by atoms with E-state index >= 15 is 0 Å². The van der Waals surface area contributed by atoms with Crippen molar-refractivity contribution in [1.82, 2.24) is 4.90 Å². The van der Waals surface area contributed by atoms with Crippen LogP contribution in [-0.2, 0) is 0 Å². The lowest BCUT2D eigenvalue weighted by atomic mass is 10.1. The Balaban J connectivity index is 0.00000128. The molecule has 1 aliphatic heterocycles. The molecule has 1 aromatic heterocycles. The van der Waals surface area contributed by atoms with E-state index in [2.05, 4.69) is 0 Å². The summed E-state index contributed by atoms with van der Waals surface area (Å²) in [7, 11) is 0. The first kappa shape index (κ1) is 13.5. The maximum Gasteiger partial charge on any atom is 0.264 e. The van der Waals surface area contributed by atoms with E-state index in [1.54, 1.807) is 0 Å². The van der Waals surface area contributed by atoms with Crippen molar-refractivity contribution in [2.24, 2.45) is 5.73 Å². The van der Waals surface area contributed by atoms with Crippen molar-refractivity contribution >= 4 is 29.7 Å². The van der Waals surface area contributed by atoms with Crippen LogP contribution in [0.3, 0.4) is 0 Å². The standard InChI is InChI=1S/C11H16N2OS.ClH/c1-8-4-6-15-10(8)11(14)13-5-2-3-9(12)7-13;/h4,6,9H,2-3,5,7,12H2,1H3;1H. The molecule has 0 spiro atoms. The molecule has 1 unspecified atom stereocenters. The second kappa shape index (κ2) is 5.66. The van der Waals surface area contributed by atoms with Crippen molar-refractivity contribution in [2.45, 2.75) is 25.8 Å². The number of aryl methyl sites for hydroxylation is 1. The topological polar surface area (TPSA) is 46.3 Å². The van der Waals surface area contributed by atoms with Gasteiger partial charge in [0, 0.05) is 19.1 Å². The maximum absolute atomic E-state index is 12.1. The molecule has 1 saturated heterocycles. The summed E-state index contributed by atoms with van der Waals surface area (Å²) in [5, 5.41) is 1.96. The highest BCUT2D eigenvalue weighted by molar-refractivity contribution is 7.12. The van der Waals surface area contributed by atoms with Crippen LogP contribution >= 0.6 is 23.7 Å². The number of thiophene rings is 1. The van der Waals surface area contributed by atoms with Gasteiger partial charge in [0.15, 0.2) is 0 Å². The Kier molecular flexibility index (Phi) is 4.77. The Hall–Kier alpha value is -0.580. The number of halogens is 1. The molecule has 1 atom stereocenters. The van der Waals surface area contributed by atoms with E-state index in [1.807, 2.05) is 23.3 Å². The molecular formula is C11H17ClN2OS. The van der Waals surface area contributed by atoms with Crippen molar-refractivity contribution < 1.29 is 4.79 Å². The lowest BCUT2D eigenvalue weighted by Gasteiger charge is -2.30. The Bertz CT molecular complexity index is 367.